The zero-order valence-corrected chi connectivity index (χ0v) is 12.8. The Morgan fingerprint density at radius 3 is 2.35 bits per heavy atom. The Morgan fingerprint density at radius 1 is 1.25 bits per heavy atom. The van der Waals surface area contributed by atoms with Gasteiger partial charge in [0.1, 0.15) is 6.61 Å². The molecule has 0 aromatic heterocycles. The molecule has 0 fully saturated rings. The molecule has 1 aromatic rings. The second-order valence-electron chi connectivity index (χ2n) is 6.06. The molecule has 0 spiro atoms. The number of ketones is 1. The summed E-state index contributed by atoms with van der Waals surface area (Å²) in [6.07, 6.45) is -0.566. The molecule has 1 N–H and O–H groups in total. The predicted molar refractivity (Wildman–Crippen MR) is 78.4 cm³/mol. The van der Waals surface area contributed by atoms with E-state index in [0.717, 1.165) is 11.1 Å². The van der Waals surface area contributed by atoms with Crippen molar-refractivity contribution >= 4 is 11.9 Å². The van der Waals surface area contributed by atoms with Gasteiger partial charge in [-0.2, -0.15) is 0 Å². The molecule has 0 heterocycles. The summed E-state index contributed by atoms with van der Waals surface area (Å²) < 4.78 is 5.18. The highest BCUT2D eigenvalue weighted by atomic mass is 16.5. The van der Waals surface area contributed by atoms with Gasteiger partial charge in [-0.3, -0.25) is 4.79 Å². The fraction of sp³-hybridized carbons (Fsp3) is 0.500. The Bertz CT molecular complexity index is 489. The summed E-state index contributed by atoms with van der Waals surface area (Å²) in [6, 6.07) is 7.16. The molecule has 110 valence electrons. The molecule has 0 saturated heterocycles. The van der Waals surface area contributed by atoms with Crippen LogP contribution in [0.15, 0.2) is 24.3 Å². The second kappa shape index (κ2) is 6.55. The van der Waals surface area contributed by atoms with Gasteiger partial charge in [-0.25, -0.2) is 4.79 Å². The first-order valence-electron chi connectivity index (χ1n) is 6.70. The molecular weight excluding hydrogens is 254 g/mol. The summed E-state index contributed by atoms with van der Waals surface area (Å²) >= 11 is 0. The molecule has 0 saturated carbocycles. The average molecular weight is 277 g/mol. The maximum Gasteiger partial charge on any atom is 0.408 e. The number of hydrogen-bond acceptors (Lipinski definition) is 3. The van der Waals surface area contributed by atoms with E-state index in [4.69, 9.17) is 4.74 Å². The second-order valence-corrected chi connectivity index (χ2v) is 6.06. The molecule has 4 heteroatoms. The minimum Gasteiger partial charge on any atom is -0.445 e. The molecule has 0 aliphatic heterocycles. The van der Waals surface area contributed by atoms with Gasteiger partial charge in [0, 0.05) is 0 Å². The van der Waals surface area contributed by atoms with E-state index in [1.165, 1.54) is 6.92 Å². The van der Waals surface area contributed by atoms with Gasteiger partial charge in [0.2, 0.25) is 0 Å². The van der Waals surface area contributed by atoms with Gasteiger partial charge in [0.05, 0.1) is 6.04 Å². The number of benzene rings is 1. The van der Waals surface area contributed by atoms with Crippen molar-refractivity contribution in [3.8, 4) is 0 Å². The first kappa shape index (κ1) is 16.2. The monoisotopic (exact) mass is 277 g/mol. The summed E-state index contributed by atoms with van der Waals surface area (Å²) in [5, 5.41) is 2.64. The number of carbonyl (C=O) groups excluding carboxylic acids is 2. The lowest BCUT2D eigenvalue weighted by molar-refractivity contribution is -0.121. The summed E-state index contributed by atoms with van der Waals surface area (Å²) in [4.78, 5) is 23.4. The van der Waals surface area contributed by atoms with Gasteiger partial charge >= 0.3 is 6.09 Å². The van der Waals surface area contributed by atoms with E-state index >= 15 is 0 Å². The van der Waals surface area contributed by atoms with Crippen LogP contribution in [-0.4, -0.2) is 17.9 Å². The fourth-order valence-electron chi connectivity index (χ4n) is 2.00. The maximum absolute atomic E-state index is 11.8. The van der Waals surface area contributed by atoms with Crippen LogP contribution in [-0.2, 0) is 16.1 Å². The van der Waals surface area contributed by atoms with Crippen LogP contribution >= 0.6 is 0 Å². The highest BCUT2D eigenvalue weighted by Gasteiger charge is 2.30. The number of aryl methyl sites for hydroxylation is 1. The van der Waals surface area contributed by atoms with Crippen molar-refractivity contribution in [2.75, 3.05) is 0 Å². The van der Waals surface area contributed by atoms with Gasteiger partial charge in [-0.1, -0.05) is 45.0 Å². The van der Waals surface area contributed by atoms with Crippen LogP contribution in [0, 0.1) is 12.3 Å². The van der Waals surface area contributed by atoms with Crippen molar-refractivity contribution in [2.24, 2.45) is 5.41 Å². The van der Waals surface area contributed by atoms with Gasteiger partial charge in [0.25, 0.3) is 0 Å². The van der Waals surface area contributed by atoms with Crippen LogP contribution in [0.5, 0.6) is 0 Å². The van der Waals surface area contributed by atoms with Crippen LogP contribution in [0.1, 0.15) is 38.8 Å². The van der Waals surface area contributed by atoms with Crippen LogP contribution in [0.3, 0.4) is 0 Å². The summed E-state index contributed by atoms with van der Waals surface area (Å²) in [7, 11) is 0. The minimum absolute atomic E-state index is 0.0784. The average Bonchev–Trinajstić information content (AvgIpc) is 2.33. The SMILES string of the molecule is CC(=O)C(NC(=O)OCc1ccccc1C)C(C)(C)C. The van der Waals surface area contributed by atoms with E-state index in [9.17, 15) is 9.59 Å². The third-order valence-electron chi connectivity index (χ3n) is 3.15. The zero-order chi connectivity index (χ0) is 15.3. The number of ether oxygens (including phenoxy) is 1. The molecule has 20 heavy (non-hydrogen) atoms. The fourth-order valence-corrected chi connectivity index (χ4v) is 2.00. The van der Waals surface area contributed by atoms with E-state index in [1.807, 2.05) is 52.0 Å². The maximum atomic E-state index is 11.8. The highest BCUT2D eigenvalue weighted by molar-refractivity contribution is 5.86. The molecule has 1 rings (SSSR count). The van der Waals surface area contributed by atoms with Crippen molar-refractivity contribution in [1.29, 1.82) is 0 Å². The number of rotatable bonds is 4. The molecule has 0 aliphatic rings. The molecule has 0 bridgehead atoms. The standard InChI is InChI=1S/C16H23NO3/c1-11-8-6-7-9-13(11)10-20-15(19)17-14(12(2)18)16(3,4)5/h6-9,14H,10H2,1-5H3,(H,17,19). The topological polar surface area (TPSA) is 55.4 Å². The Kier molecular flexibility index (Phi) is 5.31. The number of carbonyl (C=O) groups is 2. The molecule has 0 aliphatic carbocycles. The Morgan fingerprint density at radius 2 is 1.85 bits per heavy atom. The first-order valence-corrected chi connectivity index (χ1v) is 6.70. The van der Waals surface area contributed by atoms with Crippen molar-refractivity contribution in [1.82, 2.24) is 5.32 Å². The van der Waals surface area contributed by atoms with Crippen molar-refractivity contribution in [3.63, 3.8) is 0 Å². The Labute approximate surface area is 120 Å². The summed E-state index contributed by atoms with van der Waals surface area (Å²) in [5.74, 6) is -0.0784. The van der Waals surface area contributed by atoms with E-state index in [1.54, 1.807) is 0 Å². The summed E-state index contributed by atoms with van der Waals surface area (Å²) in [5.41, 5.74) is 1.69. The van der Waals surface area contributed by atoms with Gasteiger partial charge in [0.15, 0.2) is 5.78 Å². The van der Waals surface area contributed by atoms with Crippen LogP contribution < -0.4 is 5.32 Å². The molecular formula is C16H23NO3. The van der Waals surface area contributed by atoms with Crippen LogP contribution in [0.4, 0.5) is 4.79 Å². The van der Waals surface area contributed by atoms with E-state index in [0.29, 0.717) is 0 Å². The van der Waals surface area contributed by atoms with Crippen molar-refractivity contribution in [2.45, 2.75) is 47.3 Å². The third kappa shape index (κ3) is 4.68. The molecule has 0 radical (unpaired) electrons. The van der Waals surface area contributed by atoms with Crippen molar-refractivity contribution < 1.29 is 14.3 Å². The van der Waals surface area contributed by atoms with E-state index in [-0.39, 0.29) is 17.8 Å². The number of hydrogen-bond donors (Lipinski definition) is 1. The van der Waals surface area contributed by atoms with Gasteiger partial charge < -0.3 is 10.1 Å². The number of alkyl carbamates (subject to hydrolysis) is 1. The van der Waals surface area contributed by atoms with Crippen LogP contribution in [0.25, 0.3) is 0 Å². The lowest BCUT2D eigenvalue weighted by Crippen LogP contribution is -2.48. The summed E-state index contributed by atoms with van der Waals surface area (Å²) in [6.45, 7) is 9.34. The van der Waals surface area contributed by atoms with Crippen LogP contribution in [0.2, 0.25) is 0 Å². The predicted octanol–water partition coefficient (Wildman–Crippen LogP) is 3.22. The minimum atomic E-state index is -0.566. The van der Waals surface area contributed by atoms with Gasteiger partial charge in [-0.05, 0) is 30.4 Å². The lowest BCUT2D eigenvalue weighted by Gasteiger charge is -2.28. The highest BCUT2D eigenvalue weighted by Crippen LogP contribution is 2.20. The number of nitrogens with one attached hydrogen (secondary N) is 1. The largest absolute Gasteiger partial charge is 0.445 e. The molecule has 1 aromatic carbocycles. The molecule has 4 nitrogen and oxygen atoms in total. The Hall–Kier alpha value is -1.84. The van der Waals surface area contributed by atoms with E-state index < -0.39 is 12.1 Å². The van der Waals surface area contributed by atoms with Gasteiger partial charge in [-0.15, -0.1) is 0 Å². The molecule has 1 unspecified atom stereocenters. The quantitative estimate of drug-likeness (QED) is 0.919. The lowest BCUT2D eigenvalue weighted by atomic mass is 9.85. The number of amides is 1. The smallest absolute Gasteiger partial charge is 0.408 e. The third-order valence-corrected chi connectivity index (χ3v) is 3.15. The Balaban J connectivity index is 2.60. The van der Waals surface area contributed by atoms with E-state index in [2.05, 4.69) is 5.32 Å². The van der Waals surface area contributed by atoms with Crippen molar-refractivity contribution in [3.05, 3.63) is 35.4 Å². The first-order chi connectivity index (χ1) is 9.21. The zero-order valence-electron chi connectivity index (χ0n) is 12.8. The molecule has 1 atom stereocenters. The number of Topliss-reactive ketones (excluding diaryl/α,β-unsaturated/α-hetero) is 1. The molecule has 1 amide bonds. The normalized spacial score (nSPS) is 12.7.